The summed E-state index contributed by atoms with van der Waals surface area (Å²) in [5.74, 6) is 0.164. The fourth-order valence-electron chi connectivity index (χ4n) is 8.18. The second-order valence-electron chi connectivity index (χ2n) is 11.3. The maximum atomic E-state index is 12.1. The van der Waals surface area contributed by atoms with E-state index in [0.717, 1.165) is 6.42 Å². The number of carbonyl (C=O) groups is 4. The van der Waals surface area contributed by atoms with Gasteiger partial charge in [0.25, 0.3) is 23.6 Å². The normalized spacial score (nSPS) is 32.4. The Hall–Kier alpha value is -3.80. The Kier molecular flexibility index (Phi) is 4.39. The van der Waals surface area contributed by atoms with Gasteiger partial charge in [-0.05, 0) is 96.6 Å². The quantitative estimate of drug-likeness (QED) is 0.613. The van der Waals surface area contributed by atoms with Crippen molar-refractivity contribution < 1.29 is 19.2 Å². The summed E-state index contributed by atoms with van der Waals surface area (Å²) in [6.45, 7) is 0. The van der Waals surface area contributed by atoms with E-state index in [2.05, 4.69) is 24.3 Å². The van der Waals surface area contributed by atoms with Gasteiger partial charge >= 0.3 is 0 Å². The molecule has 0 aromatic heterocycles. The molecule has 0 radical (unpaired) electrons. The molecule has 0 saturated heterocycles. The van der Waals surface area contributed by atoms with Crippen molar-refractivity contribution in [1.82, 2.24) is 0 Å². The van der Waals surface area contributed by atoms with E-state index < -0.39 is 0 Å². The first kappa shape index (κ1) is 21.5. The molecular formula is C30H26N2O4. The first-order chi connectivity index (χ1) is 17.4. The van der Waals surface area contributed by atoms with Crippen LogP contribution in [0.3, 0.4) is 0 Å². The molecule has 4 saturated carbocycles. The lowest BCUT2D eigenvalue weighted by atomic mass is 9.42. The molecule has 4 aliphatic carbocycles. The molecule has 4 amide bonds. The molecule has 0 spiro atoms. The van der Waals surface area contributed by atoms with Crippen LogP contribution in [0.15, 0.2) is 72.8 Å². The first-order valence-corrected chi connectivity index (χ1v) is 12.7. The summed E-state index contributed by atoms with van der Waals surface area (Å²) in [6.07, 6.45) is 12.3. The van der Waals surface area contributed by atoms with Crippen LogP contribution in [0.4, 0.5) is 11.4 Å². The van der Waals surface area contributed by atoms with Crippen molar-refractivity contribution in [2.75, 3.05) is 9.80 Å². The lowest BCUT2D eigenvalue weighted by Crippen LogP contribution is -2.55. The number of anilines is 2. The SMILES string of the molecule is O=C1C=CC(=O)N1c1ccc(C23CC4CC(C2)CC(c2ccc(N5C(=O)C=CC5=O)cc2)(C4)C3)cc1. The fraction of sp³-hybridized carbons (Fsp3) is 0.333. The molecule has 2 aromatic rings. The predicted octanol–water partition coefficient (Wildman–Crippen LogP) is 4.34. The highest BCUT2D eigenvalue weighted by Gasteiger charge is 2.58. The molecule has 2 aromatic carbocycles. The van der Waals surface area contributed by atoms with Gasteiger partial charge in [-0.3, -0.25) is 19.2 Å². The fourth-order valence-corrected chi connectivity index (χ4v) is 8.18. The summed E-state index contributed by atoms with van der Waals surface area (Å²) < 4.78 is 0. The largest absolute Gasteiger partial charge is 0.269 e. The minimum Gasteiger partial charge on any atom is -0.269 e. The molecule has 6 heteroatoms. The molecule has 36 heavy (non-hydrogen) atoms. The van der Waals surface area contributed by atoms with Crippen molar-refractivity contribution >= 4 is 35.0 Å². The first-order valence-electron chi connectivity index (χ1n) is 12.7. The minimum absolute atomic E-state index is 0.0867. The molecular weight excluding hydrogens is 452 g/mol. The van der Waals surface area contributed by atoms with Crippen molar-refractivity contribution in [2.45, 2.75) is 49.4 Å². The maximum Gasteiger partial charge on any atom is 0.258 e. The zero-order valence-corrected chi connectivity index (χ0v) is 19.9. The number of benzene rings is 2. The van der Waals surface area contributed by atoms with Gasteiger partial charge in [-0.1, -0.05) is 24.3 Å². The monoisotopic (exact) mass is 478 g/mol. The summed E-state index contributed by atoms with van der Waals surface area (Å²) in [4.78, 5) is 50.9. The van der Waals surface area contributed by atoms with Crippen molar-refractivity contribution in [1.29, 1.82) is 0 Å². The van der Waals surface area contributed by atoms with E-state index in [9.17, 15) is 19.2 Å². The van der Waals surface area contributed by atoms with Crippen LogP contribution in [0.2, 0.25) is 0 Å². The van der Waals surface area contributed by atoms with Crippen molar-refractivity contribution in [3.05, 3.63) is 84.0 Å². The standard InChI is InChI=1S/C30H26N2O4/c33-25-9-10-26(34)31(25)23-5-1-21(2-6-23)29-14-19-13-20(15-29)17-30(16-19,18-29)22-3-7-24(8-4-22)32-27(35)11-12-28(32)36/h1-12,19-20H,13-18H2. The lowest BCUT2D eigenvalue weighted by Gasteiger charge is -2.63. The van der Waals surface area contributed by atoms with Crippen molar-refractivity contribution in [3.63, 3.8) is 0 Å². The molecule has 0 unspecified atom stereocenters. The van der Waals surface area contributed by atoms with Crippen LogP contribution in [0, 0.1) is 11.8 Å². The smallest absolute Gasteiger partial charge is 0.258 e. The topological polar surface area (TPSA) is 74.8 Å². The van der Waals surface area contributed by atoms with Gasteiger partial charge in [-0.2, -0.15) is 0 Å². The Labute approximate surface area is 209 Å². The van der Waals surface area contributed by atoms with E-state index in [4.69, 9.17) is 0 Å². The van der Waals surface area contributed by atoms with Crippen LogP contribution in [0.25, 0.3) is 0 Å². The van der Waals surface area contributed by atoms with Crippen LogP contribution in [0.1, 0.15) is 49.7 Å². The summed E-state index contributed by atoms with van der Waals surface area (Å²) in [7, 11) is 0. The Bertz CT molecular complexity index is 1230. The number of carbonyl (C=O) groups excluding carboxylic acids is 4. The van der Waals surface area contributed by atoms with E-state index >= 15 is 0 Å². The van der Waals surface area contributed by atoms with Gasteiger partial charge < -0.3 is 0 Å². The Morgan fingerprint density at radius 1 is 0.528 bits per heavy atom. The van der Waals surface area contributed by atoms with Crippen molar-refractivity contribution in [2.24, 2.45) is 11.8 Å². The van der Waals surface area contributed by atoms with Gasteiger partial charge in [0.2, 0.25) is 0 Å². The number of rotatable bonds is 4. The number of imide groups is 2. The van der Waals surface area contributed by atoms with Crippen molar-refractivity contribution in [3.8, 4) is 0 Å². The number of amides is 4. The van der Waals surface area contributed by atoms with E-state index in [1.54, 1.807) is 0 Å². The highest BCUT2D eigenvalue weighted by Crippen LogP contribution is 2.66. The number of nitrogens with zero attached hydrogens (tertiary/aromatic N) is 2. The molecule has 6 nitrogen and oxygen atoms in total. The maximum absolute atomic E-state index is 12.1. The van der Waals surface area contributed by atoms with Crippen LogP contribution >= 0.6 is 0 Å². The highest BCUT2D eigenvalue weighted by atomic mass is 16.2. The zero-order chi connectivity index (χ0) is 24.7. The molecule has 2 aliphatic heterocycles. The average Bonchev–Trinajstić information content (AvgIpc) is 3.38. The summed E-state index contributed by atoms with van der Waals surface area (Å²) in [5, 5.41) is 0. The third kappa shape index (κ3) is 3.03. The van der Waals surface area contributed by atoms with E-state index in [1.807, 2.05) is 24.3 Å². The molecule has 0 N–H and O–H groups in total. The molecule has 2 heterocycles. The predicted molar refractivity (Wildman–Crippen MR) is 134 cm³/mol. The van der Waals surface area contributed by atoms with Gasteiger partial charge in [0.05, 0.1) is 11.4 Å². The Morgan fingerprint density at radius 2 is 0.861 bits per heavy atom. The van der Waals surface area contributed by atoms with Gasteiger partial charge in [0.15, 0.2) is 0 Å². The van der Waals surface area contributed by atoms with Gasteiger partial charge in [-0.15, -0.1) is 0 Å². The molecule has 180 valence electrons. The van der Waals surface area contributed by atoms with E-state index in [0.29, 0.717) is 23.2 Å². The molecule has 8 rings (SSSR count). The zero-order valence-electron chi connectivity index (χ0n) is 19.9. The molecule has 0 atom stereocenters. The summed E-state index contributed by atoms with van der Waals surface area (Å²) >= 11 is 0. The van der Waals surface area contributed by atoms with Crippen LogP contribution in [-0.4, -0.2) is 23.6 Å². The third-order valence-corrected chi connectivity index (χ3v) is 9.16. The van der Waals surface area contributed by atoms with Crippen LogP contribution in [-0.2, 0) is 30.0 Å². The average molecular weight is 479 g/mol. The summed E-state index contributed by atoms with van der Waals surface area (Å²) in [5.41, 5.74) is 4.01. The lowest BCUT2D eigenvalue weighted by molar-refractivity contribution is -0.121. The van der Waals surface area contributed by atoms with Gasteiger partial charge in [-0.25, -0.2) is 9.80 Å². The molecule has 4 fully saturated rings. The van der Waals surface area contributed by atoms with Crippen LogP contribution in [0.5, 0.6) is 0 Å². The Morgan fingerprint density at radius 3 is 1.19 bits per heavy atom. The number of hydrogen-bond acceptors (Lipinski definition) is 4. The van der Waals surface area contributed by atoms with E-state index in [1.165, 1.54) is 77.3 Å². The number of hydrogen-bond donors (Lipinski definition) is 0. The van der Waals surface area contributed by atoms with Gasteiger partial charge in [0.1, 0.15) is 0 Å². The molecule has 4 bridgehead atoms. The minimum atomic E-state index is -0.293. The third-order valence-electron chi connectivity index (χ3n) is 9.16. The second-order valence-corrected chi connectivity index (χ2v) is 11.3. The van der Waals surface area contributed by atoms with Crippen LogP contribution < -0.4 is 9.80 Å². The van der Waals surface area contributed by atoms with E-state index in [-0.39, 0.29) is 34.5 Å². The summed E-state index contributed by atoms with van der Waals surface area (Å²) in [6, 6.07) is 16.1. The highest BCUT2D eigenvalue weighted by molar-refractivity contribution is 6.28. The second kappa shape index (κ2) is 7.36. The Balaban J connectivity index is 1.20. The van der Waals surface area contributed by atoms with Gasteiger partial charge in [0, 0.05) is 24.3 Å². The molecule has 6 aliphatic rings.